The van der Waals surface area contributed by atoms with Crippen molar-refractivity contribution >= 4 is 5.78 Å². The second kappa shape index (κ2) is 7.00. The van der Waals surface area contributed by atoms with Crippen LogP contribution in [0.25, 0.3) is 0 Å². The summed E-state index contributed by atoms with van der Waals surface area (Å²) in [7, 11) is 2.11. The number of likely N-dealkylation sites (N-methyl/N-ethyl adjacent to an activating group) is 1. The molecule has 2 heterocycles. The van der Waals surface area contributed by atoms with Crippen molar-refractivity contribution < 1.29 is 9.53 Å². The van der Waals surface area contributed by atoms with E-state index in [1.807, 2.05) is 20.8 Å². The largest absolute Gasteiger partial charge is 0.380 e. The van der Waals surface area contributed by atoms with E-state index in [1.165, 1.54) is 6.42 Å². The van der Waals surface area contributed by atoms with Gasteiger partial charge in [0.05, 0.1) is 19.3 Å². The van der Waals surface area contributed by atoms with E-state index in [1.54, 1.807) is 0 Å². The van der Waals surface area contributed by atoms with E-state index in [-0.39, 0.29) is 6.04 Å². The molecule has 2 atom stereocenters. The minimum atomic E-state index is 0.152. The Morgan fingerprint density at radius 3 is 1.95 bits per heavy atom. The molecule has 1 saturated carbocycles. The molecule has 2 spiro atoms. The predicted molar refractivity (Wildman–Crippen MR) is 93.1 cm³/mol. The van der Waals surface area contributed by atoms with Gasteiger partial charge in [-0.2, -0.15) is 0 Å². The van der Waals surface area contributed by atoms with E-state index >= 15 is 0 Å². The summed E-state index contributed by atoms with van der Waals surface area (Å²) in [5.74, 6) is 0.405. The lowest BCUT2D eigenvalue weighted by molar-refractivity contribution is -0.122. The third kappa shape index (κ3) is 2.45. The Labute approximate surface area is 137 Å². The molecule has 0 amide bonds. The first kappa shape index (κ1) is 19.6. The molecule has 3 rings (SSSR count). The van der Waals surface area contributed by atoms with E-state index in [2.05, 4.69) is 39.6 Å². The van der Waals surface area contributed by atoms with Crippen molar-refractivity contribution in [3.63, 3.8) is 0 Å². The molecule has 0 radical (unpaired) electrons. The van der Waals surface area contributed by atoms with Crippen LogP contribution in [-0.2, 0) is 9.53 Å². The fourth-order valence-electron chi connectivity index (χ4n) is 4.68. The monoisotopic (exact) mass is 311 g/mol. The number of ether oxygens (including phenoxy) is 1. The summed E-state index contributed by atoms with van der Waals surface area (Å²) in [5, 5.41) is 0. The van der Waals surface area contributed by atoms with Crippen molar-refractivity contribution in [1.82, 2.24) is 4.90 Å². The van der Waals surface area contributed by atoms with E-state index in [9.17, 15) is 4.79 Å². The fraction of sp³-hybridized carbons (Fsp3) is 0.947. The summed E-state index contributed by atoms with van der Waals surface area (Å²) < 4.78 is 5.48. The number of likely N-dealkylation sites (tertiary alicyclic amines) is 1. The molecule has 130 valence electrons. The van der Waals surface area contributed by atoms with Crippen LogP contribution in [0.4, 0.5) is 0 Å². The van der Waals surface area contributed by atoms with Gasteiger partial charge >= 0.3 is 0 Å². The molecule has 3 nitrogen and oxygen atoms in total. The number of fused-ring (bicyclic) bond motifs is 1. The first-order valence-electron chi connectivity index (χ1n) is 9.14. The maximum absolute atomic E-state index is 12.0. The molecule has 0 aromatic rings. The summed E-state index contributed by atoms with van der Waals surface area (Å²) in [6.07, 6.45) is 2.96. The van der Waals surface area contributed by atoms with Gasteiger partial charge in [0, 0.05) is 23.8 Å². The molecule has 2 aliphatic heterocycles. The van der Waals surface area contributed by atoms with E-state index < -0.39 is 0 Å². The van der Waals surface area contributed by atoms with Crippen LogP contribution in [0.1, 0.15) is 67.7 Å². The molecule has 3 aliphatic rings. The summed E-state index contributed by atoms with van der Waals surface area (Å²) >= 11 is 0. The maximum atomic E-state index is 12.0. The van der Waals surface area contributed by atoms with Crippen molar-refractivity contribution in [2.45, 2.75) is 73.8 Å². The Morgan fingerprint density at radius 1 is 1.14 bits per heavy atom. The molecule has 0 N–H and O–H groups in total. The Balaban J connectivity index is 0.000000435. The van der Waals surface area contributed by atoms with Crippen LogP contribution in [-0.4, -0.2) is 43.5 Å². The quantitative estimate of drug-likeness (QED) is 0.767. The van der Waals surface area contributed by atoms with Crippen molar-refractivity contribution in [3.8, 4) is 0 Å². The van der Waals surface area contributed by atoms with Gasteiger partial charge in [0.25, 0.3) is 0 Å². The molecule has 1 aliphatic carbocycles. The predicted octanol–water partition coefficient (Wildman–Crippen LogP) is 4.15. The maximum Gasteiger partial charge on any atom is 0.149 e. The number of hydrogen-bond acceptors (Lipinski definition) is 3. The van der Waals surface area contributed by atoms with Gasteiger partial charge in [0.2, 0.25) is 0 Å². The normalized spacial score (nSPS) is 33.4. The van der Waals surface area contributed by atoms with Crippen LogP contribution in [0.5, 0.6) is 0 Å². The molecule has 0 unspecified atom stereocenters. The lowest BCUT2D eigenvalue weighted by atomic mass is 9.88. The standard InChI is InChI=1S/C14H23NO2.C3H8.C2H6/c1-5-11(16)10-6-13(7-15(10)4)12(2,3)14(13)8-17-9-14;1-3-2;1-2/h10H,5-9H2,1-4H3;3H2,1-2H3;1-2H3/t10-,13+;;/m0../s1. The van der Waals surface area contributed by atoms with Gasteiger partial charge in [-0.1, -0.05) is 54.9 Å². The smallest absolute Gasteiger partial charge is 0.149 e. The highest BCUT2D eigenvalue weighted by Crippen LogP contribution is 2.83. The van der Waals surface area contributed by atoms with Gasteiger partial charge in [0.1, 0.15) is 5.78 Å². The molecular formula is C19H37NO2. The molecule has 22 heavy (non-hydrogen) atoms. The van der Waals surface area contributed by atoms with Crippen LogP contribution in [0.2, 0.25) is 0 Å². The Hall–Kier alpha value is -0.410. The summed E-state index contributed by atoms with van der Waals surface area (Å²) in [5.41, 5.74) is 1.05. The number of hydrogen-bond donors (Lipinski definition) is 0. The Kier molecular flexibility index (Phi) is 6.25. The summed E-state index contributed by atoms with van der Waals surface area (Å²) in [6.45, 7) is 17.8. The number of carbonyl (C=O) groups excluding carboxylic acids is 1. The topological polar surface area (TPSA) is 29.5 Å². The zero-order valence-corrected chi connectivity index (χ0v) is 16.1. The van der Waals surface area contributed by atoms with E-state index in [0.29, 0.717) is 28.4 Å². The average Bonchev–Trinajstić information content (AvgIpc) is 2.68. The van der Waals surface area contributed by atoms with Gasteiger partial charge in [0.15, 0.2) is 0 Å². The number of rotatable bonds is 2. The molecule has 2 saturated heterocycles. The van der Waals surface area contributed by atoms with Crippen molar-refractivity contribution in [1.29, 1.82) is 0 Å². The third-order valence-electron chi connectivity index (χ3n) is 6.26. The van der Waals surface area contributed by atoms with Crippen molar-refractivity contribution in [2.24, 2.45) is 16.2 Å². The number of nitrogens with zero attached hydrogens (tertiary/aromatic N) is 1. The van der Waals surface area contributed by atoms with E-state index in [4.69, 9.17) is 4.74 Å². The van der Waals surface area contributed by atoms with Crippen molar-refractivity contribution in [3.05, 3.63) is 0 Å². The van der Waals surface area contributed by atoms with Gasteiger partial charge < -0.3 is 4.74 Å². The first-order valence-corrected chi connectivity index (χ1v) is 9.14. The Morgan fingerprint density at radius 2 is 1.64 bits per heavy atom. The van der Waals surface area contributed by atoms with Gasteiger partial charge in [-0.25, -0.2) is 0 Å². The molecule has 3 fully saturated rings. The van der Waals surface area contributed by atoms with Crippen molar-refractivity contribution in [2.75, 3.05) is 26.8 Å². The lowest BCUT2D eigenvalue weighted by Gasteiger charge is -2.32. The molecular weight excluding hydrogens is 274 g/mol. The third-order valence-corrected chi connectivity index (χ3v) is 6.26. The summed E-state index contributed by atoms with van der Waals surface area (Å²) in [6, 6.07) is 0.152. The number of Topliss-reactive ketones (excluding diaryl/α,β-unsaturated/α-hetero) is 1. The van der Waals surface area contributed by atoms with Crippen LogP contribution in [0, 0.1) is 16.2 Å². The number of ketones is 1. The molecule has 0 aromatic heterocycles. The molecule has 0 bridgehead atoms. The van der Waals surface area contributed by atoms with Gasteiger partial charge in [-0.15, -0.1) is 0 Å². The Bertz CT molecular complexity index is 387. The SMILES string of the molecule is CC.CCC.CCC(=O)[C@@H]1C[C@@]2(CN1C)C(C)(C)C21COC1. The van der Waals surface area contributed by atoms with Gasteiger partial charge in [-0.05, 0) is 18.9 Å². The zero-order chi connectivity index (χ0) is 17.2. The highest BCUT2D eigenvalue weighted by Gasteiger charge is 2.85. The first-order chi connectivity index (χ1) is 10.3. The fourth-order valence-corrected chi connectivity index (χ4v) is 4.68. The second-order valence-electron chi connectivity index (χ2n) is 7.44. The minimum absolute atomic E-state index is 0.152. The van der Waals surface area contributed by atoms with Crippen LogP contribution in [0.3, 0.4) is 0 Å². The summed E-state index contributed by atoms with van der Waals surface area (Å²) in [4.78, 5) is 14.3. The molecule has 3 heteroatoms. The number of carbonyl (C=O) groups is 1. The highest BCUT2D eigenvalue weighted by molar-refractivity contribution is 5.84. The zero-order valence-electron chi connectivity index (χ0n) is 16.1. The average molecular weight is 312 g/mol. The van der Waals surface area contributed by atoms with Crippen LogP contribution in [0.15, 0.2) is 0 Å². The van der Waals surface area contributed by atoms with Crippen LogP contribution >= 0.6 is 0 Å². The van der Waals surface area contributed by atoms with Crippen LogP contribution < -0.4 is 0 Å². The lowest BCUT2D eigenvalue weighted by Crippen LogP contribution is -2.37. The molecule has 0 aromatic carbocycles. The second-order valence-corrected chi connectivity index (χ2v) is 7.44. The van der Waals surface area contributed by atoms with E-state index in [0.717, 1.165) is 26.2 Å². The highest BCUT2D eigenvalue weighted by atomic mass is 16.5. The minimum Gasteiger partial charge on any atom is -0.380 e. The van der Waals surface area contributed by atoms with Gasteiger partial charge in [-0.3, -0.25) is 9.69 Å².